The summed E-state index contributed by atoms with van der Waals surface area (Å²) in [4.78, 5) is 50.0. The minimum atomic E-state index is -0.675. The maximum Gasteiger partial charge on any atom is 0.339 e. The lowest BCUT2D eigenvalue weighted by Gasteiger charge is -2.13. The molecular weight excluding hydrogens is 460 g/mol. The fraction of sp³-hybridized carbons (Fsp3) is 0.143. The van der Waals surface area contributed by atoms with Crippen LogP contribution in [0.25, 0.3) is 6.08 Å². The zero-order valence-corrected chi connectivity index (χ0v) is 18.2. The van der Waals surface area contributed by atoms with Crippen LogP contribution in [0.15, 0.2) is 41.3 Å². The number of carbonyl (C=O) groups excluding carboxylic acids is 4. The lowest BCUT2D eigenvalue weighted by Crippen LogP contribution is -2.36. The normalized spacial score (nSPS) is 14.7. The number of benzene rings is 2. The molecule has 1 heterocycles. The predicted molar refractivity (Wildman–Crippen MR) is 118 cm³/mol. The highest BCUT2D eigenvalue weighted by Gasteiger charge is 2.36. The molecule has 3 N–H and O–H groups in total. The number of rotatable bonds is 6. The summed E-state index contributed by atoms with van der Waals surface area (Å²) in [6.45, 7) is 1.26. The highest BCUT2D eigenvalue weighted by Crippen LogP contribution is 2.33. The van der Waals surface area contributed by atoms with Gasteiger partial charge < -0.3 is 20.3 Å². The van der Waals surface area contributed by atoms with Gasteiger partial charge in [-0.25, -0.2) is 4.79 Å². The van der Waals surface area contributed by atoms with Gasteiger partial charge in [-0.15, -0.1) is 0 Å². The van der Waals surface area contributed by atoms with Gasteiger partial charge >= 0.3 is 5.97 Å². The maximum atomic E-state index is 12.6. The topological polar surface area (TPSA) is 133 Å². The van der Waals surface area contributed by atoms with E-state index in [-0.39, 0.29) is 39.3 Å². The smallest absolute Gasteiger partial charge is 0.339 e. The molecule has 0 spiro atoms. The van der Waals surface area contributed by atoms with Crippen LogP contribution in [0.4, 0.5) is 10.5 Å². The molecule has 32 heavy (non-hydrogen) atoms. The minimum Gasteiger partial charge on any atom is -0.504 e. The Morgan fingerprint density at radius 1 is 1.16 bits per heavy atom. The van der Waals surface area contributed by atoms with Crippen molar-refractivity contribution in [2.24, 2.45) is 0 Å². The van der Waals surface area contributed by atoms with Crippen LogP contribution < -0.4 is 5.32 Å². The number of nitrogens with zero attached hydrogens (tertiary/aromatic N) is 1. The van der Waals surface area contributed by atoms with Gasteiger partial charge in [0.1, 0.15) is 6.54 Å². The molecule has 1 aliphatic rings. The van der Waals surface area contributed by atoms with Gasteiger partial charge in [-0.3, -0.25) is 19.3 Å². The number of aromatic hydroxyl groups is 2. The summed E-state index contributed by atoms with van der Waals surface area (Å²) in [6.07, 6.45) is 1.37. The molecule has 0 bridgehead atoms. The number of nitrogens with one attached hydrogen (secondary N) is 1. The summed E-state index contributed by atoms with van der Waals surface area (Å²) < 4.78 is 4.91. The van der Waals surface area contributed by atoms with Crippen molar-refractivity contribution in [2.45, 2.75) is 6.92 Å². The Bertz CT molecular complexity index is 1150. The van der Waals surface area contributed by atoms with Gasteiger partial charge in [-0.2, -0.15) is 0 Å². The van der Waals surface area contributed by atoms with E-state index in [1.807, 2.05) is 0 Å². The fourth-order valence-corrected chi connectivity index (χ4v) is 3.76. The Hall–Kier alpha value is -3.50. The minimum absolute atomic E-state index is 0.0592. The van der Waals surface area contributed by atoms with Gasteiger partial charge in [-0.05, 0) is 60.7 Å². The highest BCUT2D eigenvalue weighted by molar-refractivity contribution is 8.18. The Morgan fingerprint density at radius 3 is 2.59 bits per heavy atom. The van der Waals surface area contributed by atoms with E-state index in [2.05, 4.69) is 5.32 Å². The van der Waals surface area contributed by atoms with E-state index in [1.165, 1.54) is 42.5 Å². The van der Waals surface area contributed by atoms with E-state index in [9.17, 15) is 29.4 Å². The molecule has 1 saturated heterocycles. The molecule has 11 heteroatoms. The van der Waals surface area contributed by atoms with Gasteiger partial charge in [0.15, 0.2) is 11.5 Å². The van der Waals surface area contributed by atoms with Crippen LogP contribution in [-0.2, 0) is 14.3 Å². The summed E-state index contributed by atoms with van der Waals surface area (Å²) in [5, 5.41) is 21.0. The average Bonchev–Trinajstić information content (AvgIpc) is 2.99. The summed E-state index contributed by atoms with van der Waals surface area (Å²) in [6, 6.07) is 8.15. The second kappa shape index (κ2) is 9.75. The molecule has 0 atom stereocenters. The second-order valence-corrected chi connectivity index (χ2v) is 7.88. The van der Waals surface area contributed by atoms with Crippen LogP contribution in [0.1, 0.15) is 22.8 Å². The first-order valence-electron chi connectivity index (χ1n) is 9.23. The lowest BCUT2D eigenvalue weighted by molar-refractivity contribution is -0.127. The van der Waals surface area contributed by atoms with Crippen LogP contribution >= 0.6 is 23.4 Å². The number of imide groups is 1. The second-order valence-electron chi connectivity index (χ2n) is 6.48. The van der Waals surface area contributed by atoms with Crippen LogP contribution in [-0.4, -0.2) is 51.3 Å². The SMILES string of the molecule is CCOC(=O)c1cc(NC(=O)CN2C(=O)S/C(=C/c3ccc(O)c(O)c3)C2=O)ccc1Cl. The monoisotopic (exact) mass is 476 g/mol. The largest absolute Gasteiger partial charge is 0.504 e. The van der Waals surface area contributed by atoms with Crippen molar-refractivity contribution in [1.82, 2.24) is 4.90 Å². The number of amides is 3. The summed E-state index contributed by atoms with van der Waals surface area (Å²) >= 11 is 6.63. The molecule has 0 radical (unpaired) electrons. The Morgan fingerprint density at radius 2 is 1.91 bits per heavy atom. The first kappa shape index (κ1) is 23.2. The number of phenolic OH excluding ortho intramolecular Hbond substituents is 2. The molecule has 2 aromatic carbocycles. The van der Waals surface area contributed by atoms with Crippen molar-refractivity contribution in [3.63, 3.8) is 0 Å². The van der Waals surface area contributed by atoms with E-state index >= 15 is 0 Å². The molecule has 9 nitrogen and oxygen atoms in total. The Kier molecular flexibility index (Phi) is 7.06. The van der Waals surface area contributed by atoms with Crippen molar-refractivity contribution in [3.8, 4) is 11.5 Å². The first-order valence-corrected chi connectivity index (χ1v) is 10.4. The molecule has 0 saturated carbocycles. The molecule has 2 aromatic rings. The van der Waals surface area contributed by atoms with E-state index < -0.39 is 29.6 Å². The fourth-order valence-electron chi connectivity index (χ4n) is 2.73. The number of hydrogen-bond donors (Lipinski definition) is 3. The van der Waals surface area contributed by atoms with Crippen molar-refractivity contribution < 1.29 is 34.1 Å². The van der Waals surface area contributed by atoms with Crippen LogP contribution in [0.5, 0.6) is 11.5 Å². The number of hydrogen-bond acceptors (Lipinski definition) is 8. The molecule has 166 valence electrons. The van der Waals surface area contributed by atoms with Gasteiger partial charge in [-0.1, -0.05) is 17.7 Å². The first-order chi connectivity index (χ1) is 15.2. The van der Waals surface area contributed by atoms with Crippen LogP contribution in [0, 0.1) is 0 Å². The molecule has 0 unspecified atom stereocenters. The number of anilines is 1. The van der Waals surface area contributed by atoms with Crippen LogP contribution in [0.2, 0.25) is 5.02 Å². The molecule has 1 aliphatic heterocycles. The van der Waals surface area contributed by atoms with E-state index in [4.69, 9.17) is 16.3 Å². The predicted octanol–water partition coefficient (Wildman–Crippen LogP) is 3.60. The molecule has 0 aliphatic carbocycles. The van der Waals surface area contributed by atoms with Gasteiger partial charge in [0, 0.05) is 5.69 Å². The van der Waals surface area contributed by atoms with Gasteiger partial charge in [0.05, 0.1) is 22.1 Å². The number of thioether (sulfide) groups is 1. The van der Waals surface area contributed by atoms with E-state index in [1.54, 1.807) is 6.92 Å². The lowest BCUT2D eigenvalue weighted by atomic mass is 10.2. The third-order valence-electron chi connectivity index (χ3n) is 4.22. The maximum absolute atomic E-state index is 12.6. The van der Waals surface area contributed by atoms with Crippen molar-refractivity contribution >= 4 is 58.1 Å². The summed E-state index contributed by atoms with van der Waals surface area (Å²) in [5.41, 5.74) is 0.699. The molecule has 0 aromatic heterocycles. The summed E-state index contributed by atoms with van der Waals surface area (Å²) in [5.74, 6) is -2.67. The average molecular weight is 477 g/mol. The van der Waals surface area contributed by atoms with Crippen molar-refractivity contribution in [3.05, 3.63) is 57.5 Å². The number of phenols is 2. The van der Waals surface area contributed by atoms with E-state index in [0.717, 1.165) is 4.90 Å². The molecular formula is C21H17ClN2O7S. The zero-order chi connectivity index (χ0) is 23.4. The molecule has 3 amide bonds. The zero-order valence-electron chi connectivity index (χ0n) is 16.6. The quantitative estimate of drug-likeness (QED) is 0.327. The number of esters is 1. The third-order valence-corrected chi connectivity index (χ3v) is 5.45. The van der Waals surface area contributed by atoms with Crippen molar-refractivity contribution in [2.75, 3.05) is 18.5 Å². The summed E-state index contributed by atoms with van der Waals surface area (Å²) in [7, 11) is 0. The van der Waals surface area contributed by atoms with Crippen molar-refractivity contribution in [1.29, 1.82) is 0 Å². The van der Waals surface area contributed by atoms with Gasteiger partial charge in [0.2, 0.25) is 5.91 Å². The molecule has 1 fully saturated rings. The standard InChI is InChI=1S/C21H17ClN2O7S/c1-2-31-20(29)13-9-12(4-5-14(13)22)23-18(27)10-24-19(28)17(32-21(24)30)8-11-3-6-15(25)16(26)7-11/h3-9,25-26H,2,10H2,1H3,(H,23,27)/b17-8+. The Labute approximate surface area is 191 Å². The number of carbonyl (C=O) groups is 4. The van der Waals surface area contributed by atoms with Crippen LogP contribution in [0.3, 0.4) is 0 Å². The third kappa shape index (κ3) is 5.21. The number of halogens is 1. The number of ether oxygens (including phenoxy) is 1. The molecule has 3 rings (SSSR count). The van der Waals surface area contributed by atoms with E-state index in [0.29, 0.717) is 17.3 Å². The van der Waals surface area contributed by atoms with Gasteiger partial charge in [0.25, 0.3) is 11.1 Å². The Balaban J connectivity index is 1.70. The highest BCUT2D eigenvalue weighted by atomic mass is 35.5.